The quantitative estimate of drug-likeness (QED) is 0.300. The monoisotopic (exact) mass is 568 g/mol. The van der Waals surface area contributed by atoms with Crippen molar-refractivity contribution in [1.29, 1.82) is 0 Å². The third-order valence-corrected chi connectivity index (χ3v) is 5.75. The second-order valence-corrected chi connectivity index (χ2v) is 8.72. The molecule has 39 heavy (non-hydrogen) atoms. The molecule has 0 saturated heterocycles. The average Bonchev–Trinajstić information content (AvgIpc) is 3.17. The normalized spacial score (nSPS) is 12.1. The van der Waals surface area contributed by atoms with Gasteiger partial charge in [0, 0.05) is 6.54 Å². The molecule has 1 N–H and O–H groups in total. The number of benzene rings is 3. The van der Waals surface area contributed by atoms with E-state index in [0.29, 0.717) is 5.75 Å². The van der Waals surface area contributed by atoms with E-state index in [-0.39, 0.29) is 70.3 Å². The van der Waals surface area contributed by atoms with Crippen molar-refractivity contribution in [3.8, 4) is 22.6 Å². The standard InChI is InChI=1S/C27H25F3N2O6.K/c1-16-10-22(37-15-23(33)27(28,29)30)11-17(2)24(16)20-5-3-4-19(12-20)14-36-21-8-6-18(7-9-21)13-32-25(34)31-26(35)38-32;/h3-12,23,33H,13-15H2,1-2H3,(H,31,34,35);/q;+1/p-1. The Hall–Kier alpha value is -2.61. The first-order valence-corrected chi connectivity index (χ1v) is 11.5. The number of aliphatic hydroxyl groups is 1. The molecule has 12 heteroatoms. The fraction of sp³-hybridized carbons (Fsp3) is 0.259. The summed E-state index contributed by atoms with van der Waals surface area (Å²) in [5.74, 6) is -0.0900. The molecule has 8 nitrogen and oxygen atoms in total. The minimum Gasteiger partial charge on any atom is -0.491 e. The van der Waals surface area contributed by atoms with Gasteiger partial charge in [0.15, 0.2) is 11.8 Å². The minimum atomic E-state index is -4.74. The zero-order valence-electron chi connectivity index (χ0n) is 21.5. The van der Waals surface area contributed by atoms with Gasteiger partial charge in [0.25, 0.3) is 0 Å². The molecular formula is C27H24F3KN2O6. The topological polar surface area (TPSA) is 105 Å². The summed E-state index contributed by atoms with van der Waals surface area (Å²) < 4.78 is 54.3. The molecule has 0 bridgehead atoms. The van der Waals surface area contributed by atoms with Crippen LogP contribution in [0.5, 0.6) is 11.5 Å². The van der Waals surface area contributed by atoms with Crippen LogP contribution >= 0.6 is 0 Å². The largest absolute Gasteiger partial charge is 1.00 e. The maximum absolute atomic E-state index is 12.6. The van der Waals surface area contributed by atoms with Gasteiger partial charge in [-0.15, -0.1) is 0 Å². The van der Waals surface area contributed by atoms with Gasteiger partial charge in [0.2, 0.25) is 0 Å². The van der Waals surface area contributed by atoms with Gasteiger partial charge in [0.05, 0.1) is 0 Å². The fourth-order valence-corrected chi connectivity index (χ4v) is 3.96. The Morgan fingerprint density at radius 3 is 2.21 bits per heavy atom. The van der Waals surface area contributed by atoms with Gasteiger partial charge in [0.1, 0.15) is 24.7 Å². The van der Waals surface area contributed by atoms with Crippen LogP contribution in [0.3, 0.4) is 0 Å². The van der Waals surface area contributed by atoms with Crippen molar-refractivity contribution in [3.05, 3.63) is 104 Å². The summed E-state index contributed by atoms with van der Waals surface area (Å²) in [4.78, 5) is 25.7. The average molecular weight is 569 g/mol. The van der Waals surface area contributed by atoms with Crippen LogP contribution in [0, 0.1) is 13.8 Å². The molecule has 0 amide bonds. The van der Waals surface area contributed by atoms with Crippen molar-refractivity contribution >= 4 is 0 Å². The number of aryl methyl sites for hydroxylation is 2. The summed E-state index contributed by atoms with van der Waals surface area (Å²) in [6, 6.07) is 17.9. The number of rotatable bonds is 9. The number of aliphatic hydroxyl groups excluding tert-OH is 1. The Kier molecular flexibility index (Phi) is 10.4. The number of ether oxygens (including phenoxy) is 2. The Morgan fingerprint density at radius 2 is 1.62 bits per heavy atom. The van der Waals surface area contributed by atoms with E-state index in [1.54, 1.807) is 36.4 Å². The fourth-order valence-electron chi connectivity index (χ4n) is 3.96. The number of halogens is 3. The maximum atomic E-state index is 12.6. The molecule has 3 aromatic carbocycles. The van der Waals surface area contributed by atoms with Crippen LogP contribution in [0.25, 0.3) is 11.1 Å². The first-order chi connectivity index (χ1) is 18.0. The second kappa shape index (κ2) is 13.2. The van der Waals surface area contributed by atoms with Gasteiger partial charge in [-0.1, -0.05) is 30.3 Å². The van der Waals surface area contributed by atoms with E-state index in [4.69, 9.17) is 14.0 Å². The number of hydrogen-bond donors (Lipinski definition) is 1. The summed E-state index contributed by atoms with van der Waals surface area (Å²) in [5, 5.41) is 9.18. The van der Waals surface area contributed by atoms with Crippen LogP contribution in [0.2, 0.25) is 0 Å². The molecule has 4 rings (SSSR count). The predicted molar refractivity (Wildman–Crippen MR) is 131 cm³/mol. The molecule has 1 unspecified atom stereocenters. The van der Waals surface area contributed by atoms with E-state index < -0.39 is 30.3 Å². The van der Waals surface area contributed by atoms with Crippen LogP contribution in [-0.4, -0.2) is 28.7 Å². The molecule has 1 aromatic heterocycles. The van der Waals surface area contributed by atoms with E-state index in [0.717, 1.165) is 38.1 Å². The smallest absolute Gasteiger partial charge is 0.491 e. The second-order valence-electron chi connectivity index (χ2n) is 8.72. The van der Waals surface area contributed by atoms with Crippen LogP contribution in [-0.2, 0) is 13.2 Å². The summed E-state index contributed by atoms with van der Waals surface area (Å²) >= 11 is 0. The van der Waals surface area contributed by atoms with Crippen LogP contribution in [0.15, 0.2) is 74.8 Å². The Labute approximate surface area is 263 Å². The summed E-state index contributed by atoms with van der Waals surface area (Å²) in [6.07, 6.45) is -7.30. The van der Waals surface area contributed by atoms with E-state index in [1.165, 1.54) is 0 Å². The zero-order valence-corrected chi connectivity index (χ0v) is 24.6. The molecule has 0 fully saturated rings. The Balaban J connectivity index is 0.00000420. The van der Waals surface area contributed by atoms with E-state index in [1.807, 2.05) is 38.1 Å². The first kappa shape index (κ1) is 30.9. The summed E-state index contributed by atoms with van der Waals surface area (Å²) in [6.45, 7) is 3.15. The van der Waals surface area contributed by atoms with Crippen LogP contribution in [0.1, 0.15) is 22.3 Å². The minimum absolute atomic E-state index is 0. The molecule has 1 atom stereocenters. The third-order valence-electron chi connectivity index (χ3n) is 5.75. The van der Waals surface area contributed by atoms with Crippen molar-refractivity contribution in [2.75, 3.05) is 6.61 Å². The van der Waals surface area contributed by atoms with Gasteiger partial charge >= 0.3 is 63.3 Å². The van der Waals surface area contributed by atoms with Gasteiger partial charge in [-0.3, -0.25) is 9.53 Å². The van der Waals surface area contributed by atoms with Crippen LogP contribution < -0.4 is 77.3 Å². The summed E-state index contributed by atoms with van der Waals surface area (Å²) in [7, 11) is 0. The van der Waals surface area contributed by atoms with Crippen molar-refractivity contribution in [3.63, 3.8) is 0 Å². The number of nitrogens with zero attached hydrogens (tertiary/aromatic N) is 2. The van der Waals surface area contributed by atoms with Crippen molar-refractivity contribution in [1.82, 2.24) is 9.72 Å². The Morgan fingerprint density at radius 1 is 0.949 bits per heavy atom. The molecule has 0 saturated carbocycles. The molecule has 1 heterocycles. The SMILES string of the molecule is Cc1cc(OCC(O)C(F)(F)F)cc(C)c1-c1cccc(COc2ccc(Cn3oc(=O)[n-]c3=O)cc2)c1.[K+]. The number of hydrogen-bond acceptors (Lipinski definition) is 6. The molecule has 4 aromatic rings. The molecule has 0 aliphatic rings. The molecule has 0 aliphatic heterocycles. The number of aromatic nitrogens is 2. The maximum Gasteiger partial charge on any atom is 1.00 e. The third kappa shape index (κ3) is 8.19. The van der Waals surface area contributed by atoms with Crippen molar-refractivity contribution in [2.45, 2.75) is 39.3 Å². The van der Waals surface area contributed by atoms with Gasteiger partial charge in [-0.05, 0) is 77.6 Å². The van der Waals surface area contributed by atoms with Crippen LogP contribution in [0.4, 0.5) is 13.2 Å². The van der Waals surface area contributed by atoms with E-state index in [9.17, 15) is 27.9 Å². The summed E-state index contributed by atoms with van der Waals surface area (Å²) in [5.41, 5.74) is 4.33. The molecule has 200 valence electrons. The van der Waals surface area contributed by atoms with Crippen molar-refractivity contribution in [2.24, 2.45) is 0 Å². The van der Waals surface area contributed by atoms with E-state index in [2.05, 4.69) is 4.98 Å². The molecule has 0 radical (unpaired) electrons. The van der Waals surface area contributed by atoms with E-state index >= 15 is 0 Å². The molecule has 0 spiro atoms. The molecule has 0 aliphatic carbocycles. The predicted octanol–water partition coefficient (Wildman–Crippen LogP) is 0.976. The Bertz CT molecular complexity index is 1500. The van der Waals surface area contributed by atoms with Crippen molar-refractivity contribution < 1.29 is 83.7 Å². The first-order valence-electron chi connectivity index (χ1n) is 11.5. The number of alkyl halides is 3. The van der Waals surface area contributed by atoms with Gasteiger partial charge in [-0.2, -0.15) is 13.2 Å². The molecular weight excluding hydrogens is 544 g/mol. The zero-order chi connectivity index (χ0) is 27.4. The van der Waals surface area contributed by atoms with Gasteiger partial charge < -0.3 is 24.1 Å². The van der Waals surface area contributed by atoms with Gasteiger partial charge in [-0.25, -0.2) is 4.79 Å².